The fraction of sp³-hybridized carbons (Fsp3) is 0.632. The van der Waals surface area contributed by atoms with Crippen LogP contribution in [0.4, 0.5) is 5.69 Å². The number of nitrogens with zero attached hydrogens (tertiary/aromatic N) is 1. The topological polar surface area (TPSA) is 55.6 Å². The summed E-state index contributed by atoms with van der Waals surface area (Å²) < 4.78 is 5.38. The fourth-order valence-corrected chi connectivity index (χ4v) is 3.55. The van der Waals surface area contributed by atoms with Crippen LogP contribution in [-0.2, 0) is 21.4 Å². The van der Waals surface area contributed by atoms with Crippen molar-refractivity contribution in [2.24, 2.45) is 11.7 Å². The van der Waals surface area contributed by atoms with E-state index in [-0.39, 0.29) is 17.2 Å². The van der Waals surface area contributed by atoms with E-state index in [1.807, 2.05) is 4.90 Å². The van der Waals surface area contributed by atoms with Crippen LogP contribution in [0.1, 0.15) is 44.7 Å². The molecule has 2 aliphatic rings. The van der Waals surface area contributed by atoms with Gasteiger partial charge < -0.3 is 15.4 Å². The van der Waals surface area contributed by atoms with Crippen LogP contribution < -0.4 is 10.6 Å². The van der Waals surface area contributed by atoms with Gasteiger partial charge >= 0.3 is 0 Å². The van der Waals surface area contributed by atoms with Crippen LogP contribution in [0.25, 0.3) is 0 Å². The second-order valence-corrected chi connectivity index (χ2v) is 7.81. The number of hydrogen-bond donors (Lipinski definition) is 1. The van der Waals surface area contributed by atoms with Crippen molar-refractivity contribution in [1.82, 2.24) is 0 Å². The molecule has 0 aromatic heterocycles. The molecule has 0 aliphatic carbocycles. The molecule has 126 valence electrons. The summed E-state index contributed by atoms with van der Waals surface area (Å²) >= 11 is 0. The van der Waals surface area contributed by atoms with Gasteiger partial charge in [0, 0.05) is 25.4 Å². The standard InChI is InChI=1S/C19H28N2O2/c1-19(2,3)15-4-5-16-14(12-15)6-9-21(16)18(22)17(20)13-7-10-23-11-8-13/h4-5,12-13,17H,6-11,20H2,1-3H3. The van der Waals surface area contributed by atoms with Crippen molar-refractivity contribution in [3.8, 4) is 0 Å². The number of carbonyl (C=O) groups excluding carboxylic acids is 1. The summed E-state index contributed by atoms with van der Waals surface area (Å²) in [4.78, 5) is 14.7. The van der Waals surface area contributed by atoms with Crippen molar-refractivity contribution in [2.75, 3.05) is 24.7 Å². The summed E-state index contributed by atoms with van der Waals surface area (Å²) in [5, 5.41) is 0. The molecule has 2 heterocycles. The molecule has 2 N–H and O–H groups in total. The maximum absolute atomic E-state index is 12.8. The Bertz CT molecular complexity index is 586. The van der Waals surface area contributed by atoms with Crippen LogP contribution in [0.15, 0.2) is 18.2 Å². The van der Waals surface area contributed by atoms with Crippen LogP contribution in [-0.4, -0.2) is 31.7 Å². The first-order chi connectivity index (χ1) is 10.9. The molecule has 1 aromatic rings. The van der Waals surface area contributed by atoms with Crippen LogP contribution in [0.3, 0.4) is 0 Å². The molecule has 4 heteroatoms. The lowest BCUT2D eigenvalue weighted by molar-refractivity contribution is -0.121. The predicted octanol–water partition coefficient (Wildman–Crippen LogP) is 2.63. The molecule has 1 amide bonds. The number of nitrogens with two attached hydrogens (primary N) is 1. The van der Waals surface area contributed by atoms with E-state index < -0.39 is 6.04 Å². The summed E-state index contributed by atoms with van der Waals surface area (Å²) in [7, 11) is 0. The van der Waals surface area contributed by atoms with Gasteiger partial charge in [-0.25, -0.2) is 0 Å². The van der Waals surface area contributed by atoms with Gasteiger partial charge in [0.15, 0.2) is 0 Å². The highest BCUT2D eigenvalue weighted by Gasteiger charge is 2.33. The zero-order valence-electron chi connectivity index (χ0n) is 14.5. The molecule has 1 aromatic carbocycles. The van der Waals surface area contributed by atoms with E-state index in [4.69, 9.17) is 10.5 Å². The Morgan fingerprint density at radius 3 is 2.65 bits per heavy atom. The van der Waals surface area contributed by atoms with Gasteiger partial charge in [-0.3, -0.25) is 4.79 Å². The monoisotopic (exact) mass is 316 g/mol. The van der Waals surface area contributed by atoms with Crippen LogP contribution in [0, 0.1) is 5.92 Å². The number of anilines is 1. The minimum atomic E-state index is -0.410. The first-order valence-electron chi connectivity index (χ1n) is 8.66. The lowest BCUT2D eigenvalue weighted by atomic mass is 9.86. The summed E-state index contributed by atoms with van der Waals surface area (Å²) in [5.41, 5.74) is 10.0. The Morgan fingerprint density at radius 2 is 2.00 bits per heavy atom. The Morgan fingerprint density at radius 1 is 1.30 bits per heavy atom. The number of benzene rings is 1. The molecular weight excluding hydrogens is 288 g/mol. The molecule has 0 saturated carbocycles. The molecule has 0 radical (unpaired) electrons. The normalized spacial score (nSPS) is 20.4. The molecule has 3 rings (SSSR count). The third-order valence-corrected chi connectivity index (χ3v) is 5.17. The predicted molar refractivity (Wildman–Crippen MR) is 92.7 cm³/mol. The van der Waals surface area contributed by atoms with Crippen molar-refractivity contribution in [3.05, 3.63) is 29.3 Å². The third-order valence-electron chi connectivity index (χ3n) is 5.17. The first kappa shape index (κ1) is 16.5. The molecule has 2 aliphatic heterocycles. The fourth-order valence-electron chi connectivity index (χ4n) is 3.55. The largest absolute Gasteiger partial charge is 0.381 e. The molecule has 1 saturated heterocycles. The summed E-state index contributed by atoms with van der Waals surface area (Å²) in [5.74, 6) is 0.313. The lowest BCUT2D eigenvalue weighted by Crippen LogP contribution is -2.48. The number of hydrogen-bond acceptors (Lipinski definition) is 3. The molecule has 1 fully saturated rings. The smallest absolute Gasteiger partial charge is 0.244 e. The quantitative estimate of drug-likeness (QED) is 0.912. The summed E-state index contributed by atoms with van der Waals surface area (Å²) in [6.07, 6.45) is 2.69. The van der Waals surface area contributed by atoms with Crippen molar-refractivity contribution in [3.63, 3.8) is 0 Å². The maximum atomic E-state index is 12.8. The minimum absolute atomic E-state index is 0.0687. The van der Waals surface area contributed by atoms with Crippen LogP contribution in [0.2, 0.25) is 0 Å². The van der Waals surface area contributed by atoms with Gasteiger partial charge in [0.2, 0.25) is 5.91 Å². The first-order valence-corrected chi connectivity index (χ1v) is 8.66. The van der Waals surface area contributed by atoms with E-state index in [1.54, 1.807) is 0 Å². The minimum Gasteiger partial charge on any atom is -0.381 e. The van der Waals surface area contributed by atoms with E-state index in [0.717, 1.165) is 44.7 Å². The highest BCUT2D eigenvalue weighted by atomic mass is 16.5. The van der Waals surface area contributed by atoms with E-state index in [0.29, 0.717) is 0 Å². The average Bonchev–Trinajstić information content (AvgIpc) is 2.96. The number of carbonyl (C=O) groups is 1. The highest BCUT2D eigenvalue weighted by molar-refractivity contribution is 5.99. The SMILES string of the molecule is CC(C)(C)c1ccc2c(c1)CCN2C(=O)C(N)C1CCOCC1. The summed E-state index contributed by atoms with van der Waals surface area (Å²) in [6, 6.07) is 6.08. The van der Waals surface area contributed by atoms with Crippen LogP contribution >= 0.6 is 0 Å². The van der Waals surface area contributed by atoms with Crippen molar-refractivity contribution < 1.29 is 9.53 Å². The van der Waals surface area contributed by atoms with Crippen molar-refractivity contribution in [1.29, 1.82) is 0 Å². The second-order valence-electron chi connectivity index (χ2n) is 7.81. The molecular formula is C19H28N2O2. The molecule has 1 unspecified atom stereocenters. The molecule has 0 spiro atoms. The number of ether oxygens (including phenoxy) is 1. The Hall–Kier alpha value is -1.39. The second kappa shape index (κ2) is 6.25. The van der Waals surface area contributed by atoms with E-state index in [1.165, 1.54) is 11.1 Å². The van der Waals surface area contributed by atoms with E-state index in [2.05, 4.69) is 39.0 Å². The van der Waals surface area contributed by atoms with Gasteiger partial charge in [0.05, 0.1) is 6.04 Å². The average molecular weight is 316 g/mol. The van der Waals surface area contributed by atoms with Crippen LogP contribution in [0.5, 0.6) is 0 Å². The number of rotatable bonds is 2. The van der Waals surface area contributed by atoms with Gasteiger partial charge in [-0.2, -0.15) is 0 Å². The molecule has 4 nitrogen and oxygen atoms in total. The van der Waals surface area contributed by atoms with Gasteiger partial charge in [-0.15, -0.1) is 0 Å². The number of amides is 1. The number of fused-ring (bicyclic) bond motifs is 1. The summed E-state index contributed by atoms with van der Waals surface area (Å²) in [6.45, 7) is 8.84. The zero-order valence-corrected chi connectivity index (χ0v) is 14.5. The van der Waals surface area contributed by atoms with Crippen molar-refractivity contribution >= 4 is 11.6 Å². The lowest BCUT2D eigenvalue weighted by Gasteiger charge is -2.30. The van der Waals surface area contributed by atoms with Gasteiger partial charge in [-0.05, 0) is 47.8 Å². The molecule has 0 bridgehead atoms. The van der Waals surface area contributed by atoms with E-state index in [9.17, 15) is 4.79 Å². The highest BCUT2D eigenvalue weighted by Crippen LogP contribution is 2.34. The Kier molecular flexibility index (Phi) is 4.47. The zero-order chi connectivity index (χ0) is 16.6. The Labute approximate surface area is 139 Å². The van der Waals surface area contributed by atoms with Gasteiger partial charge in [-0.1, -0.05) is 32.9 Å². The van der Waals surface area contributed by atoms with Crippen molar-refractivity contribution in [2.45, 2.75) is 51.5 Å². The Balaban J connectivity index is 1.77. The van der Waals surface area contributed by atoms with Gasteiger partial charge in [0.25, 0.3) is 0 Å². The van der Waals surface area contributed by atoms with E-state index >= 15 is 0 Å². The molecule has 23 heavy (non-hydrogen) atoms. The molecule has 1 atom stereocenters. The third kappa shape index (κ3) is 3.29. The maximum Gasteiger partial charge on any atom is 0.244 e. The van der Waals surface area contributed by atoms with Gasteiger partial charge in [0.1, 0.15) is 0 Å².